The molecule has 2 nitrogen and oxygen atoms in total. The molecule has 5 unspecified atom stereocenters. The average molecular weight is 288 g/mol. The second-order valence-electron chi connectivity index (χ2n) is 7.58. The van der Waals surface area contributed by atoms with Gasteiger partial charge in [-0.3, -0.25) is 0 Å². The largest absolute Gasteiger partial charge is 0.478 e. The quantitative estimate of drug-likeness (QED) is 0.464. The lowest BCUT2D eigenvalue weighted by atomic mass is 9.55. The fourth-order valence-corrected chi connectivity index (χ4v) is 4.44. The number of rotatable bonds is 3. The molecule has 1 fully saturated rings. The van der Waals surface area contributed by atoms with E-state index in [-0.39, 0.29) is 5.41 Å². The van der Waals surface area contributed by atoms with Crippen LogP contribution in [0.25, 0.3) is 0 Å². The highest BCUT2D eigenvalue weighted by molar-refractivity contribution is 5.80. The van der Waals surface area contributed by atoms with Gasteiger partial charge in [-0.1, -0.05) is 58.1 Å². The standard InChI is InChI=1S/C19H28O2/c1-13-11-14(2)18-15(12-13)9-10-19(3,4)16(18)7-5-6-8-17(20)21/h5-10,13-16,18H,11-12H2,1-4H3,(H,20,21). The van der Waals surface area contributed by atoms with E-state index < -0.39 is 5.97 Å². The van der Waals surface area contributed by atoms with Gasteiger partial charge in [0.05, 0.1) is 0 Å². The SMILES string of the molecule is CC1CC(C)C2C(C=CC(C)(C)C2C=CC=CC(=O)O)C1. The predicted octanol–water partition coefficient (Wildman–Crippen LogP) is 4.69. The van der Waals surface area contributed by atoms with E-state index in [4.69, 9.17) is 5.11 Å². The minimum atomic E-state index is -0.889. The van der Waals surface area contributed by atoms with Crippen LogP contribution >= 0.6 is 0 Å². The molecule has 2 heteroatoms. The van der Waals surface area contributed by atoms with Crippen LogP contribution < -0.4 is 0 Å². The summed E-state index contributed by atoms with van der Waals surface area (Å²) in [6.07, 6.45) is 14.4. The maximum atomic E-state index is 10.6. The van der Waals surface area contributed by atoms with E-state index in [2.05, 4.69) is 45.9 Å². The molecule has 1 saturated carbocycles. The molecule has 5 atom stereocenters. The van der Waals surface area contributed by atoms with Crippen molar-refractivity contribution in [2.24, 2.45) is 35.0 Å². The van der Waals surface area contributed by atoms with Crippen molar-refractivity contribution in [1.82, 2.24) is 0 Å². The third kappa shape index (κ3) is 3.66. The molecule has 0 aromatic heterocycles. The van der Waals surface area contributed by atoms with Crippen LogP contribution in [0.5, 0.6) is 0 Å². The summed E-state index contributed by atoms with van der Waals surface area (Å²) in [6.45, 7) is 9.33. The van der Waals surface area contributed by atoms with Crippen molar-refractivity contribution in [3.63, 3.8) is 0 Å². The Balaban J connectivity index is 2.23. The molecule has 0 amide bonds. The molecule has 0 aromatic carbocycles. The number of hydrogen-bond acceptors (Lipinski definition) is 1. The molecule has 0 radical (unpaired) electrons. The van der Waals surface area contributed by atoms with E-state index in [1.807, 2.05) is 6.08 Å². The summed E-state index contributed by atoms with van der Waals surface area (Å²) in [6, 6.07) is 0. The fraction of sp³-hybridized carbons (Fsp3) is 0.632. The molecule has 0 aliphatic heterocycles. The van der Waals surface area contributed by atoms with Crippen LogP contribution in [0.2, 0.25) is 0 Å². The molecule has 116 valence electrons. The lowest BCUT2D eigenvalue weighted by Crippen LogP contribution is -2.42. The Morgan fingerprint density at radius 3 is 2.62 bits per heavy atom. The third-order valence-corrected chi connectivity index (χ3v) is 5.32. The Morgan fingerprint density at radius 2 is 1.95 bits per heavy atom. The van der Waals surface area contributed by atoms with E-state index in [1.165, 1.54) is 18.9 Å². The van der Waals surface area contributed by atoms with Gasteiger partial charge in [0.15, 0.2) is 0 Å². The predicted molar refractivity (Wildman–Crippen MR) is 86.9 cm³/mol. The molecule has 21 heavy (non-hydrogen) atoms. The molecule has 2 rings (SSSR count). The topological polar surface area (TPSA) is 37.3 Å². The minimum absolute atomic E-state index is 0.142. The highest BCUT2D eigenvalue weighted by atomic mass is 16.4. The number of carboxylic acids is 1. The molecule has 0 bridgehead atoms. The van der Waals surface area contributed by atoms with Crippen molar-refractivity contribution in [3.05, 3.63) is 36.5 Å². The smallest absolute Gasteiger partial charge is 0.328 e. The normalized spacial score (nSPS) is 38.8. The van der Waals surface area contributed by atoms with Gasteiger partial charge in [0.1, 0.15) is 0 Å². The fourth-order valence-electron chi connectivity index (χ4n) is 4.44. The highest BCUT2D eigenvalue weighted by Gasteiger charge is 2.44. The van der Waals surface area contributed by atoms with Crippen molar-refractivity contribution >= 4 is 5.97 Å². The van der Waals surface area contributed by atoms with Crippen LogP contribution in [0.1, 0.15) is 40.5 Å². The molecule has 2 aliphatic carbocycles. The molecule has 0 heterocycles. The van der Waals surface area contributed by atoms with E-state index >= 15 is 0 Å². The van der Waals surface area contributed by atoms with Gasteiger partial charge in [-0.2, -0.15) is 0 Å². The average Bonchev–Trinajstić information content (AvgIpc) is 2.36. The zero-order valence-corrected chi connectivity index (χ0v) is 13.6. The number of carboxylic acid groups (broad SMARTS) is 1. The van der Waals surface area contributed by atoms with E-state index in [1.54, 1.807) is 6.08 Å². The Hall–Kier alpha value is -1.31. The van der Waals surface area contributed by atoms with E-state index in [9.17, 15) is 4.79 Å². The summed E-state index contributed by atoms with van der Waals surface area (Å²) in [5.74, 6) is 2.48. The van der Waals surface area contributed by atoms with Crippen molar-refractivity contribution in [2.75, 3.05) is 0 Å². The van der Waals surface area contributed by atoms with Gasteiger partial charge >= 0.3 is 5.97 Å². The van der Waals surface area contributed by atoms with Crippen LogP contribution in [0, 0.1) is 35.0 Å². The van der Waals surface area contributed by atoms with Gasteiger partial charge in [-0.25, -0.2) is 4.79 Å². The van der Waals surface area contributed by atoms with E-state index in [0.717, 1.165) is 11.8 Å². The summed E-state index contributed by atoms with van der Waals surface area (Å²) < 4.78 is 0. The number of carbonyl (C=O) groups is 1. The van der Waals surface area contributed by atoms with Crippen molar-refractivity contribution in [2.45, 2.75) is 40.5 Å². The van der Waals surface area contributed by atoms with Crippen LogP contribution in [0.15, 0.2) is 36.5 Å². The van der Waals surface area contributed by atoms with Crippen LogP contribution in [-0.2, 0) is 4.79 Å². The zero-order valence-electron chi connectivity index (χ0n) is 13.6. The second-order valence-corrected chi connectivity index (χ2v) is 7.58. The van der Waals surface area contributed by atoms with Gasteiger partial charge in [0.2, 0.25) is 0 Å². The molecule has 0 spiro atoms. The summed E-state index contributed by atoms with van der Waals surface area (Å²) in [5, 5.41) is 8.68. The maximum Gasteiger partial charge on any atom is 0.328 e. The first-order valence-electron chi connectivity index (χ1n) is 8.08. The maximum absolute atomic E-state index is 10.6. The van der Waals surface area contributed by atoms with Gasteiger partial charge in [-0.05, 0) is 47.8 Å². The lowest BCUT2D eigenvalue weighted by Gasteiger charge is -2.49. The monoisotopic (exact) mass is 288 g/mol. The van der Waals surface area contributed by atoms with E-state index in [0.29, 0.717) is 17.8 Å². The lowest BCUT2D eigenvalue weighted by molar-refractivity contribution is -0.131. The molecule has 0 aromatic rings. The summed E-state index contributed by atoms with van der Waals surface area (Å²) in [7, 11) is 0. The van der Waals surface area contributed by atoms with Crippen LogP contribution in [0.4, 0.5) is 0 Å². The summed E-state index contributed by atoms with van der Waals surface area (Å²) in [5.41, 5.74) is 0.142. The minimum Gasteiger partial charge on any atom is -0.478 e. The Kier molecular flexibility index (Phi) is 4.75. The van der Waals surface area contributed by atoms with Crippen LogP contribution in [-0.4, -0.2) is 11.1 Å². The van der Waals surface area contributed by atoms with Crippen molar-refractivity contribution in [3.8, 4) is 0 Å². The van der Waals surface area contributed by atoms with Crippen molar-refractivity contribution < 1.29 is 9.90 Å². The first-order chi connectivity index (χ1) is 9.81. The summed E-state index contributed by atoms with van der Waals surface area (Å²) in [4.78, 5) is 10.6. The van der Waals surface area contributed by atoms with Crippen molar-refractivity contribution in [1.29, 1.82) is 0 Å². The number of hydrogen-bond donors (Lipinski definition) is 1. The molecule has 1 N–H and O–H groups in total. The summed E-state index contributed by atoms with van der Waals surface area (Å²) >= 11 is 0. The number of aliphatic carboxylic acids is 1. The van der Waals surface area contributed by atoms with Gasteiger partial charge in [0.25, 0.3) is 0 Å². The van der Waals surface area contributed by atoms with Gasteiger partial charge in [0, 0.05) is 6.08 Å². The van der Waals surface area contributed by atoms with Gasteiger partial charge in [-0.15, -0.1) is 0 Å². The number of fused-ring (bicyclic) bond motifs is 1. The Labute approximate surface area is 128 Å². The number of allylic oxidation sites excluding steroid dienone is 5. The molecule has 2 aliphatic rings. The molecule has 0 saturated heterocycles. The van der Waals surface area contributed by atoms with Gasteiger partial charge < -0.3 is 5.11 Å². The molecular weight excluding hydrogens is 260 g/mol. The first kappa shape index (κ1) is 16.1. The zero-order chi connectivity index (χ0) is 15.6. The third-order valence-electron chi connectivity index (χ3n) is 5.32. The Bertz CT molecular complexity index is 470. The van der Waals surface area contributed by atoms with Crippen LogP contribution in [0.3, 0.4) is 0 Å². The Morgan fingerprint density at radius 1 is 1.24 bits per heavy atom. The highest BCUT2D eigenvalue weighted by Crippen LogP contribution is 2.52. The first-order valence-corrected chi connectivity index (χ1v) is 8.08. The molecular formula is C19H28O2. The second kappa shape index (κ2) is 6.21.